The van der Waals surface area contributed by atoms with Crippen molar-refractivity contribution in [1.82, 2.24) is 10.6 Å². The second kappa shape index (κ2) is 12.4. The average molecular weight is 501 g/mol. The van der Waals surface area contributed by atoms with Crippen molar-refractivity contribution in [2.75, 3.05) is 27.3 Å². The van der Waals surface area contributed by atoms with E-state index in [1.165, 1.54) is 6.07 Å². The molecule has 2 rings (SSSR count). The number of methoxy groups -OCH3 is 2. The van der Waals surface area contributed by atoms with Crippen LogP contribution in [0.3, 0.4) is 0 Å². The Balaban J connectivity index is 0.00000392. The van der Waals surface area contributed by atoms with Gasteiger partial charge in [0.25, 0.3) is 0 Å². The molecule has 0 amide bonds. The summed E-state index contributed by atoms with van der Waals surface area (Å²) in [6.45, 7) is 5.77. The quantitative estimate of drug-likeness (QED) is 0.326. The molecule has 0 fully saturated rings. The van der Waals surface area contributed by atoms with Crippen molar-refractivity contribution >= 4 is 29.9 Å². The summed E-state index contributed by atoms with van der Waals surface area (Å²) < 4.78 is 24.0. The van der Waals surface area contributed by atoms with Crippen LogP contribution >= 0.6 is 24.0 Å². The molecule has 0 unspecified atom stereocenters. The van der Waals surface area contributed by atoms with Crippen LogP contribution in [0.2, 0.25) is 0 Å². The maximum absolute atomic E-state index is 13.4. The highest BCUT2D eigenvalue weighted by Gasteiger charge is 2.05. The first-order valence-corrected chi connectivity index (χ1v) is 9.05. The van der Waals surface area contributed by atoms with Gasteiger partial charge in [-0.1, -0.05) is 18.2 Å². The molecule has 0 aliphatic rings. The van der Waals surface area contributed by atoms with Gasteiger partial charge in [-0.2, -0.15) is 0 Å². The first kappa shape index (κ1) is 24.0. The summed E-state index contributed by atoms with van der Waals surface area (Å²) in [5, 5.41) is 6.55. The fourth-order valence-electron chi connectivity index (χ4n) is 2.68. The minimum Gasteiger partial charge on any atom is -0.493 e. The molecule has 0 bridgehead atoms. The lowest BCUT2D eigenvalue weighted by molar-refractivity contribution is 0.354. The first-order chi connectivity index (χ1) is 13.1. The van der Waals surface area contributed by atoms with Crippen LogP contribution in [0.1, 0.15) is 23.6 Å². The maximum Gasteiger partial charge on any atom is 0.191 e. The molecule has 154 valence electrons. The number of nitrogens with zero attached hydrogens (tertiary/aromatic N) is 1. The third-order valence-electron chi connectivity index (χ3n) is 4.14. The lowest BCUT2D eigenvalue weighted by Gasteiger charge is -2.13. The van der Waals surface area contributed by atoms with Crippen LogP contribution in [0.4, 0.5) is 4.39 Å². The van der Waals surface area contributed by atoms with Gasteiger partial charge in [0.2, 0.25) is 0 Å². The predicted molar refractivity (Wildman–Crippen MR) is 123 cm³/mol. The Morgan fingerprint density at radius 1 is 1.00 bits per heavy atom. The Labute approximate surface area is 183 Å². The van der Waals surface area contributed by atoms with E-state index in [4.69, 9.17) is 9.47 Å². The standard InChI is InChI=1S/C21H28FN3O2.HI/c1-5-23-21(25-14-17-6-8-18(22)15(2)12-17)24-11-10-16-7-9-19(26-3)20(13-16)27-4;/h6-9,12-13H,5,10-11,14H2,1-4H3,(H2,23,24,25);1H. The van der Waals surface area contributed by atoms with Gasteiger partial charge in [0.05, 0.1) is 20.8 Å². The number of aliphatic imine (C=N–C) groups is 1. The lowest BCUT2D eigenvalue weighted by Crippen LogP contribution is -2.38. The SMILES string of the molecule is CCNC(=NCc1ccc(F)c(C)c1)NCCc1ccc(OC)c(OC)c1.I. The molecule has 28 heavy (non-hydrogen) atoms. The second-order valence-electron chi connectivity index (χ2n) is 6.14. The summed E-state index contributed by atoms with van der Waals surface area (Å²) in [5.41, 5.74) is 2.75. The molecule has 0 radical (unpaired) electrons. The number of aryl methyl sites for hydroxylation is 1. The topological polar surface area (TPSA) is 54.9 Å². The minimum atomic E-state index is -0.192. The Morgan fingerprint density at radius 2 is 1.71 bits per heavy atom. The normalized spacial score (nSPS) is 10.8. The maximum atomic E-state index is 13.4. The predicted octanol–water partition coefficient (Wildman–Crippen LogP) is 4.07. The van der Waals surface area contributed by atoms with E-state index in [2.05, 4.69) is 15.6 Å². The molecule has 0 spiro atoms. The third-order valence-corrected chi connectivity index (χ3v) is 4.14. The first-order valence-electron chi connectivity index (χ1n) is 9.05. The minimum absolute atomic E-state index is 0. The zero-order chi connectivity index (χ0) is 19.6. The van der Waals surface area contributed by atoms with Crippen molar-refractivity contribution in [1.29, 1.82) is 0 Å². The Morgan fingerprint density at radius 3 is 2.36 bits per heavy atom. The van der Waals surface area contributed by atoms with E-state index >= 15 is 0 Å². The molecular weight excluding hydrogens is 472 g/mol. The molecule has 2 N–H and O–H groups in total. The zero-order valence-corrected chi connectivity index (χ0v) is 19.2. The molecule has 2 aromatic rings. The third kappa shape index (κ3) is 7.18. The summed E-state index contributed by atoms with van der Waals surface area (Å²) in [7, 11) is 3.26. The zero-order valence-electron chi connectivity index (χ0n) is 16.8. The summed E-state index contributed by atoms with van der Waals surface area (Å²) in [4.78, 5) is 4.57. The summed E-state index contributed by atoms with van der Waals surface area (Å²) in [5.74, 6) is 1.99. The van der Waals surface area contributed by atoms with Gasteiger partial charge in [-0.15, -0.1) is 24.0 Å². The Hall–Kier alpha value is -2.03. The van der Waals surface area contributed by atoms with Crippen LogP contribution in [0.5, 0.6) is 11.5 Å². The Bertz CT molecular complexity index is 784. The molecule has 7 heteroatoms. The number of rotatable bonds is 8. The van der Waals surface area contributed by atoms with Crippen LogP contribution in [0.25, 0.3) is 0 Å². The van der Waals surface area contributed by atoms with Crippen LogP contribution in [-0.4, -0.2) is 33.3 Å². The van der Waals surface area contributed by atoms with Gasteiger partial charge in [-0.05, 0) is 55.2 Å². The average Bonchev–Trinajstić information content (AvgIpc) is 2.68. The van der Waals surface area contributed by atoms with Crippen molar-refractivity contribution in [3.8, 4) is 11.5 Å². The van der Waals surface area contributed by atoms with Crippen molar-refractivity contribution in [2.45, 2.75) is 26.8 Å². The van der Waals surface area contributed by atoms with E-state index < -0.39 is 0 Å². The molecule has 0 aliphatic heterocycles. The molecule has 0 aromatic heterocycles. The van der Waals surface area contributed by atoms with Gasteiger partial charge in [-0.3, -0.25) is 0 Å². The van der Waals surface area contributed by atoms with Gasteiger partial charge >= 0.3 is 0 Å². The summed E-state index contributed by atoms with van der Waals surface area (Å²) in [6.07, 6.45) is 0.820. The molecule has 0 aliphatic carbocycles. The van der Waals surface area contributed by atoms with Gasteiger partial charge in [0.15, 0.2) is 17.5 Å². The van der Waals surface area contributed by atoms with Crippen LogP contribution in [0.15, 0.2) is 41.4 Å². The molecule has 5 nitrogen and oxygen atoms in total. The van der Waals surface area contributed by atoms with Gasteiger partial charge < -0.3 is 20.1 Å². The highest BCUT2D eigenvalue weighted by atomic mass is 127. The number of halogens is 2. The highest BCUT2D eigenvalue weighted by molar-refractivity contribution is 14.0. The number of nitrogens with one attached hydrogen (secondary N) is 2. The number of guanidine groups is 1. The fraction of sp³-hybridized carbons (Fsp3) is 0.381. The molecule has 0 saturated carbocycles. The van der Waals surface area contributed by atoms with Crippen LogP contribution < -0.4 is 20.1 Å². The number of ether oxygens (including phenoxy) is 2. The van der Waals surface area contributed by atoms with Crippen LogP contribution in [0, 0.1) is 12.7 Å². The fourth-order valence-corrected chi connectivity index (χ4v) is 2.68. The van der Waals surface area contributed by atoms with E-state index in [-0.39, 0.29) is 29.8 Å². The number of hydrogen-bond acceptors (Lipinski definition) is 3. The van der Waals surface area contributed by atoms with Gasteiger partial charge in [0, 0.05) is 13.1 Å². The molecular formula is C21H29FIN3O2. The number of hydrogen-bond donors (Lipinski definition) is 2. The number of benzene rings is 2. The Kier molecular flexibility index (Phi) is 10.7. The van der Waals surface area contributed by atoms with Crippen LogP contribution in [-0.2, 0) is 13.0 Å². The smallest absolute Gasteiger partial charge is 0.191 e. The van der Waals surface area contributed by atoms with Crippen molar-refractivity contribution in [2.24, 2.45) is 4.99 Å². The largest absolute Gasteiger partial charge is 0.493 e. The van der Waals surface area contributed by atoms with Crippen molar-refractivity contribution in [3.05, 3.63) is 58.9 Å². The van der Waals surface area contributed by atoms with E-state index in [0.29, 0.717) is 12.1 Å². The van der Waals surface area contributed by atoms with Crippen molar-refractivity contribution in [3.63, 3.8) is 0 Å². The monoisotopic (exact) mass is 501 g/mol. The summed E-state index contributed by atoms with van der Waals surface area (Å²) >= 11 is 0. The van der Waals surface area contributed by atoms with Crippen molar-refractivity contribution < 1.29 is 13.9 Å². The molecule has 0 atom stereocenters. The van der Waals surface area contributed by atoms with Gasteiger partial charge in [0.1, 0.15) is 5.82 Å². The second-order valence-corrected chi connectivity index (χ2v) is 6.14. The van der Waals surface area contributed by atoms with E-state index in [1.54, 1.807) is 27.2 Å². The lowest BCUT2D eigenvalue weighted by atomic mass is 10.1. The van der Waals surface area contributed by atoms with E-state index in [0.717, 1.165) is 48.1 Å². The van der Waals surface area contributed by atoms with E-state index in [9.17, 15) is 4.39 Å². The molecule has 0 saturated heterocycles. The summed E-state index contributed by atoms with van der Waals surface area (Å²) in [6, 6.07) is 11.0. The highest BCUT2D eigenvalue weighted by Crippen LogP contribution is 2.27. The molecule has 2 aromatic carbocycles. The molecule has 0 heterocycles. The van der Waals surface area contributed by atoms with E-state index in [1.807, 2.05) is 31.2 Å². The van der Waals surface area contributed by atoms with Gasteiger partial charge in [-0.25, -0.2) is 9.38 Å².